The van der Waals surface area contributed by atoms with E-state index in [1.807, 2.05) is 12.1 Å². The van der Waals surface area contributed by atoms with Gasteiger partial charge in [0.15, 0.2) is 0 Å². The third-order valence-corrected chi connectivity index (χ3v) is 4.09. The minimum atomic E-state index is -0.0982. The summed E-state index contributed by atoms with van der Waals surface area (Å²) in [5.74, 6) is 0.944. The van der Waals surface area contributed by atoms with Gasteiger partial charge >= 0.3 is 0 Å². The highest BCUT2D eigenvalue weighted by atomic mass is 79.9. The van der Waals surface area contributed by atoms with Crippen LogP contribution in [0.3, 0.4) is 0 Å². The predicted octanol–water partition coefficient (Wildman–Crippen LogP) is 3.61. The third-order valence-electron chi connectivity index (χ3n) is 2.71. The molecule has 5 heteroatoms. The van der Waals surface area contributed by atoms with Crippen LogP contribution in [0.1, 0.15) is 24.2 Å². The van der Waals surface area contributed by atoms with Gasteiger partial charge in [-0.25, -0.2) is 0 Å². The number of amides is 1. The second-order valence-electron chi connectivity index (χ2n) is 4.32. The normalized spacial score (nSPS) is 12.3. The van der Waals surface area contributed by atoms with E-state index in [-0.39, 0.29) is 11.9 Å². The highest BCUT2D eigenvalue weighted by Crippen LogP contribution is 2.22. The molecule has 1 N–H and O–H groups in total. The lowest BCUT2D eigenvalue weighted by Gasteiger charge is -2.20. The van der Waals surface area contributed by atoms with Crippen molar-refractivity contribution in [1.29, 1.82) is 0 Å². The van der Waals surface area contributed by atoms with Gasteiger partial charge in [-0.05, 0) is 40.0 Å². The maximum absolute atomic E-state index is 12.2. The number of nitrogens with one attached hydrogen (secondary N) is 1. The van der Waals surface area contributed by atoms with Gasteiger partial charge in [-0.15, -0.1) is 0 Å². The van der Waals surface area contributed by atoms with Crippen LogP contribution in [-0.2, 0) is 0 Å². The van der Waals surface area contributed by atoms with Crippen LogP contribution in [0.25, 0.3) is 0 Å². The lowest BCUT2D eigenvalue weighted by atomic mass is 10.1. The molecule has 0 saturated carbocycles. The summed E-state index contributed by atoms with van der Waals surface area (Å²) in [7, 11) is 1.58. The monoisotopic (exact) mass is 377 g/mol. The molecule has 1 aromatic rings. The van der Waals surface area contributed by atoms with Gasteiger partial charge in [0.05, 0.1) is 12.7 Å². The van der Waals surface area contributed by atoms with E-state index in [2.05, 4.69) is 51.0 Å². The molecule has 0 aromatic heterocycles. The molecule has 1 aromatic carbocycles. The van der Waals surface area contributed by atoms with Crippen molar-refractivity contribution in [3.05, 3.63) is 28.2 Å². The van der Waals surface area contributed by atoms with Crippen LogP contribution < -0.4 is 10.1 Å². The van der Waals surface area contributed by atoms with Gasteiger partial charge in [-0.2, -0.15) is 0 Å². The van der Waals surface area contributed by atoms with Crippen molar-refractivity contribution in [1.82, 2.24) is 5.32 Å². The van der Waals surface area contributed by atoms with E-state index in [4.69, 9.17) is 4.74 Å². The molecule has 0 bridgehead atoms. The quantitative estimate of drug-likeness (QED) is 0.795. The Morgan fingerprint density at radius 3 is 2.61 bits per heavy atom. The summed E-state index contributed by atoms with van der Waals surface area (Å²) in [5.41, 5.74) is 0.584. The average Bonchev–Trinajstić information content (AvgIpc) is 2.35. The fraction of sp³-hybridized carbons (Fsp3) is 0.462. The average molecular weight is 379 g/mol. The summed E-state index contributed by atoms with van der Waals surface area (Å²) in [6.45, 7) is 4.15. The summed E-state index contributed by atoms with van der Waals surface area (Å²) < 4.78 is 5.89. The number of ether oxygens (including phenoxy) is 1. The lowest BCUT2D eigenvalue weighted by Crippen LogP contribution is -2.39. The van der Waals surface area contributed by atoms with Gasteiger partial charge in [0.2, 0.25) is 0 Å². The maximum Gasteiger partial charge on any atom is 0.252 e. The van der Waals surface area contributed by atoms with E-state index in [1.165, 1.54) is 0 Å². The first-order chi connectivity index (χ1) is 8.49. The Kier molecular flexibility index (Phi) is 6.15. The van der Waals surface area contributed by atoms with Gasteiger partial charge in [-0.3, -0.25) is 4.79 Å². The Balaban J connectivity index is 2.89. The van der Waals surface area contributed by atoms with Crippen molar-refractivity contribution >= 4 is 37.8 Å². The first kappa shape index (κ1) is 15.5. The van der Waals surface area contributed by atoms with E-state index in [0.29, 0.717) is 17.2 Å². The summed E-state index contributed by atoms with van der Waals surface area (Å²) in [4.78, 5) is 12.2. The molecule has 0 heterocycles. The molecule has 0 fully saturated rings. The first-order valence-corrected chi connectivity index (χ1v) is 7.61. The van der Waals surface area contributed by atoms with Crippen molar-refractivity contribution in [2.75, 3.05) is 12.4 Å². The summed E-state index contributed by atoms with van der Waals surface area (Å²) in [6, 6.07) is 5.46. The van der Waals surface area contributed by atoms with E-state index < -0.39 is 0 Å². The molecule has 100 valence electrons. The number of methoxy groups -OCH3 is 1. The molecule has 18 heavy (non-hydrogen) atoms. The molecular formula is C13H17Br2NO2. The van der Waals surface area contributed by atoms with Gasteiger partial charge in [0, 0.05) is 15.8 Å². The highest BCUT2D eigenvalue weighted by molar-refractivity contribution is 9.10. The summed E-state index contributed by atoms with van der Waals surface area (Å²) in [5, 5.41) is 3.74. The van der Waals surface area contributed by atoms with E-state index >= 15 is 0 Å². The van der Waals surface area contributed by atoms with Gasteiger partial charge in [0.1, 0.15) is 5.75 Å². The van der Waals surface area contributed by atoms with Crippen LogP contribution in [0.5, 0.6) is 5.75 Å². The van der Waals surface area contributed by atoms with Crippen LogP contribution >= 0.6 is 31.9 Å². The molecule has 0 spiro atoms. The SMILES string of the molecule is COc1ccc(Br)c(C(=O)NC(CBr)C(C)C)c1. The zero-order valence-electron chi connectivity index (χ0n) is 10.7. The topological polar surface area (TPSA) is 38.3 Å². The minimum Gasteiger partial charge on any atom is -0.497 e. The van der Waals surface area contributed by atoms with Gasteiger partial charge in [-0.1, -0.05) is 29.8 Å². The Morgan fingerprint density at radius 1 is 1.44 bits per heavy atom. The van der Waals surface area contributed by atoms with Crippen molar-refractivity contribution < 1.29 is 9.53 Å². The van der Waals surface area contributed by atoms with Crippen molar-refractivity contribution in [3.63, 3.8) is 0 Å². The molecule has 3 nitrogen and oxygen atoms in total. The zero-order chi connectivity index (χ0) is 13.7. The molecule has 0 aliphatic heterocycles. The second-order valence-corrected chi connectivity index (χ2v) is 5.83. The van der Waals surface area contributed by atoms with Gasteiger partial charge in [0.25, 0.3) is 5.91 Å². The second kappa shape index (κ2) is 7.14. The van der Waals surface area contributed by atoms with Crippen molar-refractivity contribution in [3.8, 4) is 5.75 Å². The molecular weight excluding hydrogens is 362 g/mol. The largest absolute Gasteiger partial charge is 0.497 e. The fourth-order valence-electron chi connectivity index (χ4n) is 1.43. The molecule has 1 unspecified atom stereocenters. The van der Waals surface area contributed by atoms with Crippen LogP contribution in [-0.4, -0.2) is 24.4 Å². The van der Waals surface area contributed by atoms with E-state index in [0.717, 1.165) is 9.80 Å². The molecule has 1 atom stereocenters. The number of carbonyl (C=O) groups is 1. The number of hydrogen-bond acceptors (Lipinski definition) is 2. The number of halogens is 2. The zero-order valence-corrected chi connectivity index (χ0v) is 13.8. The Bertz CT molecular complexity index is 421. The molecule has 0 aliphatic carbocycles. The first-order valence-electron chi connectivity index (χ1n) is 5.70. The predicted molar refractivity (Wildman–Crippen MR) is 80.6 cm³/mol. The van der Waals surface area contributed by atoms with E-state index in [1.54, 1.807) is 13.2 Å². The maximum atomic E-state index is 12.2. The number of carbonyl (C=O) groups excluding carboxylic acids is 1. The third kappa shape index (κ3) is 3.99. The molecule has 1 rings (SSSR count). The number of benzene rings is 1. The Hall–Kier alpha value is -0.550. The smallest absolute Gasteiger partial charge is 0.252 e. The molecule has 0 aliphatic rings. The van der Waals surface area contributed by atoms with Crippen LogP contribution in [0.15, 0.2) is 22.7 Å². The van der Waals surface area contributed by atoms with Crippen LogP contribution in [0.2, 0.25) is 0 Å². The lowest BCUT2D eigenvalue weighted by molar-refractivity contribution is 0.0930. The van der Waals surface area contributed by atoms with Crippen molar-refractivity contribution in [2.45, 2.75) is 19.9 Å². The van der Waals surface area contributed by atoms with Crippen LogP contribution in [0, 0.1) is 5.92 Å². The Labute approximate surface area is 125 Å². The van der Waals surface area contributed by atoms with Crippen molar-refractivity contribution in [2.24, 2.45) is 5.92 Å². The number of alkyl halides is 1. The molecule has 1 amide bonds. The molecule has 0 radical (unpaired) electrons. The number of hydrogen-bond donors (Lipinski definition) is 1. The molecule has 0 saturated heterocycles. The van der Waals surface area contributed by atoms with Crippen LogP contribution in [0.4, 0.5) is 0 Å². The van der Waals surface area contributed by atoms with Gasteiger partial charge < -0.3 is 10.1 Å². The Morgan fingerprint density at radius 2 is 2.11 bits per heavy atom. The fourth-order valence-corrected chi connectivity index (χ4v) is 2.77. The van der Waals surface area contributed by atoms with E-state index in [9.17, 15) is 4.79 Å². The summed E-state index contributed by atoms with van der Waals surface area (Å²) in [6.07, 6.45) is 0. The standard InChI is InChI=1S/C13H17Br2NO2/c1-8(2)12(7-14)16-13(17)10-6-9(18-3)4-5-11(10)15/h4-6,8,12H,7H2,1-3H3,(H,16,17). The summed E-state index contributed by atoms with van der Waals surface area (Å²) >= 11 is 6.79. The highest BCUT2D eigenvalue weighted by Gasteiger charge is 2.18. The minimum absolute atomic E-state index is 0.0982. The number of rotatable bonds is 5.